The number of rotatable bonds is 7. The Hall–Kier alpha value is -4.64. The lowest BCUT2D eigenvalue weighted by Gasteiger charge is -2.29. The van der Waals surface area contributed by atoms with E-state index in [0.29, 0.717) is 21.9 Å². The number of fused-ring (bicyclic) bond motifs is 1. The number of amides is 4. The van der Waals surface area contributed by atoms with Crippen molar-refractivity contribution in [1.29, 1.82) is 0 Å². The minimum absolute atomic E-state index is 0.132. The van der Waals surface area contributed by atoms with Crippen LogP contribution in [0.3, 0.4) is 0 Å². The van der Waals surface area contributed by atoms with Crippen molar-refractivity contribution in [3.8, 4) is 17.2 Å². The summed E-state index contributed by atoms with van der Waals surface area (Å²) in [6, 6.07) is 13.2. The summed E-state index contributed by atoms with van der Waals surface area (Å²) in [4.78, 5) is 50.9. The van der Waals surface area contributed by atoms with Crippen LogP contribution in [-0.2, 0) is 27.5 Å². The number of benzene rings is 3. The molecule has 10 nitrogen and oxygen atoms in total. The van der Waals surface area contributed by atoms with Crippen molar-refractivity contribution in [3.63, 3.8) is 0 Å². The molecule has 0 radical (unpaired) electrons. The molecule has 12 heteroatoms. The Balaban J connectivity index is 1.24. The van der Waals surface area contributed by atoms with Crippen molar-refractivity contribution >= 4 is 41.1 Å². The van der Waals surface area contributed by atoms with Gasteiger partial charge in [0, 0.05) is 24.6 Å². The molecule has 0 bridgehead atoms. The van der Waals surface area contributed by atoms with Crippen molar-refractivity contribution < 1.29 is 37.8 Å². The SMILES string of the molecule is COc1c(COC(=O)Nc2ccc(Oc3ccccc3Cl)cc2F)ccc2c1C(=O)N(C1CCC(=O)NC1=O)C2. The summed E-state index contributed by atoms with van der Waals surface area (Å²) in [5.41, 5.74) is 1.17. The van der Waals surface area contributed by atoms with Gasteiger partial charge in [0.15, 0.2) is 5.82 Å². The summed E-state index contributed by atoms with van der Waals surface area (Å²) >= 11 is 6.06. The molecule has 0 saturated carbocycles. The van der Waals surface area contributed by atoms with Gasteiger partial charge in [-0.25, -0.2) is 9.18 Å². The van der Waals surface area contributed by atoms with Gasteiger partial charge < -0.3 is 19.1 Å². The molecule has 2 aliphatic heterocycles. The van der Waals surface area contributed by atoms with Gasteiger partial charge in [-0.15, -0.1) is 0 Å². The maximum atomic E-state index is 14.6. The van der Waals surface area contributed by atoms with E-state index in [4.69, 9.17) is 25.8 Å². The number of hydrogen-bond donors (Lipinski definition) is 2. The molecule has 1 unspecified atom stereocenters. The van der Waals surface area contributed by atoms with Crippen LogP contribution in [0.15, 0.2) is 54.6 Å². The molecule has 40 heavy (non-hydrogen) atoms. The van der Waals surface area contributed by atoms with Crippen LogP contribution in [-0.4, -0.2) is 41.9 Å². The zero-order chi connectivity index (χ0) is 28.4. The lowest BCUT2D eigenvalue weighted by molar-refractivity contribution is -0.136. The highest BCUT2D eigenvalue weighted by atomic mass is 35.5. The Morgan fingerprint density at radius 2 is 1.95 bits per heavy atom. The van der Waals surface area contributed by atoms with E-state index in [1.807, 2.05) is 0 Å². The minimum Gasteiger partial charge on any atom is -0.495 e. The lowest BCUT2D eigenvalue weighted by Crippen LogP contribution is -2.52. The van der Waals surface area contributed by atoms with Gasteiger partial charge >= 0.3 is 6.09 Å². The number of ether oxygens (including phenoxy) is 3. The van der Waals surface area contributed by atoms with Crippen LogP contribution in [0.5, 0.6) is 17.2 Å². The molecular weight excluding hydrogens is 545 g/mol. The van der Waals surface area contributed by atoms with E-state index in [0.717, 1.165) is 6.07 Å². The number of nitrogens with zero attached hydrogens (tertiary/aromatic N) is 1. The number of carbonyl (C=O) groups excluding carboxylic acids is 4. The number of para-hydroxylation sites is 1. The molecule has 3 aromatic carbocycles. The fourth-order valence-corrected chi connectivity index (χ4v) is 4.79. The molecule has 1 atom stereocenters. The predicted molar refractivity (Wildman–Crippen MR) is 141 cm³/mol. The van der Waals surface area contributed by atoms with Gasteiger partial charge in [-0.3, -0.25) is 25.0 Å². The van der Waals surface area contributed by atoms with E-state index in [-0.39, 0.29) is 54.7 Å². The molecule has 4 amide bonds. The maximum Gasteiger partial charge on any atom is 0.412 e. The van der Waals surface area contributed by atoms with E-state index in [9.17, 15) is 23.6 Å². The molecule has 1 saturated heterocycles. The molecule has 0 aliphatic carbocycles. The van der Waals surface area contributed by atoms with Crippen molar-refractivity contribution in [1.82, 2.24) is 10.2 Å². The number of piperidine rings is 1. The zero-order valence-corrected chi connectivity index (χ0v) is 21.9. The van der Waals surface area contributed by atoms with Gasteiger partial charge in [-0.1, -0.05) is 35.9 Å². The van der Waals surface area contributed by atoms with Crippen molar-refractivity contribution in [2.45, 2.75) is 32.0 Å². The third-order valence-electron chi connectivity index (χ3n) is 6.53. The Morgan fingerprint density at radius 3 is 2.67 bits per heavy atom. The van der Waals surface area contributed by atoms with Crippen LogP contribution in [0.25, 0.3) is 0 Å². The summed E-state index contributed by atoms with van der Waals surface area (Å²) < 4.78 is 31.0. The number of nitrogens with one attached hydrogen (secondary N) is 2. The highest BCUT2D eigenvalue weighted by molar-refractivity contribution is 6.32. The van der Waals surface area contributed by atoms with Gasteiger partial charge in [-0.05, 0) is 36.2 Å². The minimum atomic E-state index is -0.933. The third-order valence-corrected chi connectivity index (χ3v) is 6.84. The predicted octanol–water partition coefficient (Wildman–Crippen LogP) is 4.79. The van der Waals surface area contributed by atoms with Gasteiger partial charge in [0.05, 0.1) is 23.4 Å². The molecule has 2 heterocycles. The van der Waals surface area contributed by atoms with Crippen molar-refractivity contribution in [2.75, 3.05) is 12.4 Å². The molecule has 3 aromatic rings. The van der Waals surface area contributed by atoms with Gasteiger partial charge in [0.1, 0.15) is 29.9 Å². The Bertz CT molecular complexity index is 1530. The summed E-state index contributed by atoms with van der Waals surface area (Å²) in [6.07, 6.45) is -0.565. The van der Waals surface area contributed by atoms with E-state index >= 15 is 0 Å². The number of halogens is 2. The number of methoxy groups -OCH3 is 1. The lowest BCUT2D eigenvalue weighted by atomic mass is 10.0. The quantitative estimate of drug-likeness (QED) is 0.393. The molecule has 2 N–H and O–H groups in total. The number of anilines is 1. The highest BCUT2D eigenvalue weighted by Crippen LogP contribution is 2.36. The van der Waals surface area contributed by atoms with Crippen LogP contribution in [0.1, 0.15) is 34.3 Å². The largest absolute Gasteiger partial charge is 0.495 e. The molecular formula is C28H23ClFN3O7. The summed E-state index contributed by atoms with van der Waals surface area (Å²) in [6.45, 7) is -0.100. The van der Waals surface area contributed by atoms with Gasteiger partial charge in [0.2, 0.25) is 11.8 Å². The Labute approximate surface area is 232 Å². The standard InChI is InChI=1S/C28H23ClFN3O7/c1-38-25-16(7-6-15-13-33(27(36)24(15)25)21-10-11-23(34)32-26(21)35)14-39-28(37)31-20-9-8-17(12-19(20)30)40-22-5-3-2-4-18(22)29/h2-9,12,21H,10-11,13-14H2,1H3,(H,31,37)(H,32,34,35). The number of imide groups is 1. The first-order valence-corrected chi connectivity index (χ1v) is 12.6. The first-order valence-electron chi connectivity index (χ1n) is 12.2. The monoisotopic (exact) mass is 567 g/mol. The molecule has 0 spiro atoms. The van der Waals surface area contributed by atoms with Crippen LogP contribution in [0, 0.1) is 5.82 Å². The highest BCUT2D eigenvalue weighted by Gasteiger charge is 2.41. The van der Waals surface area contributed by atoms with E-state index in [1.54, 1.807) is 36.4 Å². The van der Waals surface area contributed by atoms with Crippen LogP contribution in [0.2, 0.25) is 5.02 Å². The van der Waals surface area contributed by atoms with Gasteiger partial charge in [-0.2, -0.15) is 0 Å². The van der Waals surface area contributed by atoms with Crippen LogP contribution in [0.4, 0.5) is 14.9 Å². The second-order valence-corrected chi connectivity index (χ2v) is 9.47. The molecule has 2 aliphatic rings. The topological polar surface area (TPSA) is 123 Å². The summed E-state index contributed by atoms with van der Waals surface area (Å²) in [5, 5.41) is 4.96. The van der Waals surface area contributed by atoms with Crippen LogP contribution < -0.4 is 20.1 Å². The van der Waals surface area contributed by atoms with E-state index < -0.39 is 29.8 Å². The molecule has 0 aromatic heterocycles. The summed E-state index contributed by atoms with van der Waals surface area (Å²) in [7, 11) is 1.38. The summed E-state index contributed by atoms with van der Waals surface area (Å²) in [5.74, 6) is -1.33. The number of hydrogen-bond acceptors (Lipinski definition) is 7. The average molecular weight is 568 g/mol. The fraction of sp³-hybridized carbons (Fsp3) is 0.214. The van der Waals surface area contributed by atoms with Crippen molar-refractivity contribution in [2.24, 2.45) is 0 Å². The second-order valence-electron chi connectivity index (χ2n) is 9.07. The molecule has 1 fully saturated rings. The average Bonchev–Trinajstić information content (AvgIpc) is 3.26. The van der Waals surface area contributed by atoms with Gasteiger partial charge in [0.25, 0.3) is 5.91 Å². The zero-order valence-electron chi connectivity index (χ0n) is 21.2. The Morgan fingerprint density at radius 1 is 1.15 bits per heavy atom. The fourth-order valence-electron chi connectivity index (χ4n) is 4.61. The van der Waals surface area contributed by atoms with E-state index in [2.05, 4.69) is 10.6 Å². The first-order chi connectivity index (χ1) is 19.2. The molecule has 5 rings (SSSR count). The normalized spacial score (nSPS) is 16.3. The van der Waals surface area contributed by atoms with Crippen LogP contribution >= 0.6 is 11.6 Å². The molecule has 206 valence electrons. The third kappa shape index (κ3) is 5.41. The van der Waals surface area contributed by atoms with Crippen molar-refractivity contribution in [3.05, 3.63) is 82.1 Å². The maximum absolute atomic E-state index is 14.6. The number of carbonyl (C=O) groups is 4. The van der Waals surface area contributed by atoms with E-state index in [1.165, 1.54) is 24.1 Å². The Kier molecular flexibility index (Phi) is 7.56. The second kappa shape index (κ2) is 11.2. The smallest absolute Gasteiger partial charge is 0.412 e. The first kappa shape index (κ1) is 26.9.